The van der Waals surface area contributed by atoms with Gasteiger partial charge in [-0.1, -0.05) is 6.92 Å². The number of β-lactam (4-membered cyclic amide) rings is 1. The summed E-state index contributed by atoms with van der Waals surface area (Å²) in [5.41, 5.74) is 0. The molecule has 1 aromatic rings. The van der Waals surface area contributed by atoms with E-state index in [-0.39, 0.29) is 57.9 Å². The van der Waals surface area contributed by atoms with E-state index in [4.69, 9.17) is 0 Å². The van der Waals surface area contributed by atoms with Gasteiger partial charge in [0.05, 0.1) is 12.0 Å². The van der Waals surface area contributed by atoms with Gasteiger partial charge in [-0.2, -0.15) is 0 Å². The molecule has 10 nitrogen and oxygen atoms in total. The van der Waals surface area contributed by atoms with Gasteiger partial charge in [-0.05, 0) is 24.3 Å². The number of carbonyl (C=O) groups is 3. The fraction of sp³-hybridized carbons (Fsp3) is 0.692. The molecule has 3 heterocycles. The second kappa shape index (κ2) is 7.60. The molecule has 1 N–H and O–H groups in total. The largest absolute Gasteiger partial charge is 1.00 e. The molecular weight excluding hydrogens is 375 g/mol. The first-order valence-corrected chi connectivity index (χ1v) is 8.39. The molecule has 0 bridgehead atoms. The van der Waals surface area contributed by atoms with Crippen LogP contribution in [0.2, 0.25) is 0 Å². The Morgan fingerprint density at radius 2 is 2.08 bits per heavy atom. The molecular formula is C13H17KN6O4S. The fourth-order valence-corrected chi connectivity index (χ4v) is 4.70. The number of nitrogens with zero attached hydrogens (tertiary/aromatic N) is 5. The minimum atomic E-state index is -1.28. The number of thioether (sulfide) groups is 1. The molecule has 2 aliphatic heterocycles. The zero-order valence-electron chi connectivity index (χ0n) is 14.4. The molecule has 0 radical (unpaired) electrons. The number of aryl methyl sites for hydroxylation is 1. The third kappa shape index (κ3) is 3.65. The number of aromatic nitrogens is 4. The molecule has 0 unspecified atom stereocenters. The second-order valence-electron chi connectivity index (χ2n) is 6.23. The Hall–Kier alpha value is -0.534. The quantitative estimate of drug-likeness (QED) is 0.388. The summed E-state index contributed by atoms with van der Waals surface area (Å²) in [6.45, 7) is 5.27. The zero-order valence-corrected chi connectivity index (χ0v) is 18.4. The van der Waals surface area contributed by atoms with E-state index in [2.05, 4.69) is 20.8 Å². The molecule has 25 heavy (non-hydrogen) atoms. The van der Waals surface area contributed by atoms with Crippen molar-refractivity contribution in [1.82, 2.24) is 30.4 Å². The van der Waals surface area contributed by atoms with E-state index in [1.165, 1.54) is 21.3 Å². The van der Waals surface area contributed by atoms with Crippen LogP contribution in [0.5, 0.6) is 0 Å². The third-order valence-corrected chi connectivity index (χ3v) is 5.77. The zero-order chi connectivity index (χ0) is 17.6. The van der Waals surface area contributed by atoms with Crippen LogP contribution in [-0.2, 0) is 27.3 Å². The van der Waals surface area contributed by atoms with E-state index < -0.39 is 40.0 Å². The van der Waals surface area contributed by atoms with E-state index in [9.17, 15) is 19.5 Å². The Labute approximate surface area is 190 Å². The van der Waals surface area contributed by atoms with Gasteiger partial charge in [-0.15, -0.1) is 16.9 Å². The van der Waals surface area contributed by atoms with Gasteiger partial charge in [0, 0.05) is 11.2 Å². The number of hydrogen-bond acceptors (Lipinski definition) is 8. The van der Waals surface area contributed by atoms with Gasteiger partial charge in [-0.25, -0.2) is 4.68 Å². The van der Waals surface area contributed by atoms with E-state index in [1.807, 2.05) is 6.92 Å². The Kier molecular flexibility index (Phi) is 6.32. The topological polar surface area (TPSA) is 133 Å². The molecule has 1 aromatic heterocycles. The Bertz CT molecular complexity index is 710. The van der Waals surface area contributed by atoms with Gasteiger partial charge >= 0.3 is 51.4 Å². The summed E-state index contributed by atoms with van der Waals surface area (Å²) in [7, 11) is 0. The maximum absolute atomic E-state index is 12.3. The maximum atomic E-state index is 12.3. The molecule has 130 valence electrons. The van der Waals surface area contributed by atoms with Crippen molar-refractivity contribution in [1.29, 1.82) is 0 Å². The van der Waals surface area contributed by atoms with Gasteiger partial charge in [0.2, 0.25) is 11.8 Å². The molecule has 3 rings (SSSR count). The molecule has 12 heteroatoms. The number of hydrogen-bond donors (Lipinski definition) is 1. The van der Waals surface area contributed by atoms with Gasteiger partial charge < -0.3 is 20.1 Å². The first-order valence-electron chi connectivity index (χ1n) is 7.51. The average molecular weight is 392 g/mol. The number of carbonyl (C=O) groups excluding carboxylic acids is 3. The number of nitrogens with one attached hydrogen (secondary N) is 1. The second-order valence-corrected chi connectivity index (χ2v) is 8.00. The molecule has 0 aromatic carbocycles. The Morgan fingerprint density at radius 1 is 1.40 bits per heavy atom. The van der Waals surface area contributed by atoms with Crippen molar-refractivity contribution in [2.75, 3.05) is 0 Å². The normalized spacial score (nSPS) is 26.4. The Morgan fingerprint density at radius 3 is 2.68 bits per heavy atom. The van der Waals surface area contributed by atoms with E-state index in [0.717, 1.165) is 0 Å². The number of fused-ring (bicyclic) bond motifs is 1. The van der Waals surface area contributed by atoms with Crippen LogP contribution in [0.4, 0.5) is 0 Å². The van der Waals surface area contributed by atoms with Crippen molar-refractivity contribution in [3.63, 3.8) is 0 Å². The van der Waals surface area contributed by atoms with E-state index in [1.54, 1.807) is 13.8 Å². The van der Waals surface area contributed by atoms with Crippen molar-refractivity contribution in [3.05, 3.63) is 5.82 Å². The first-order chi connectivity index (χ1) is 11.3. The van der Waals surface area contributed by atoms with Crippen LogP contribution >= 0.6 is 11.8 Å². The van der Waals surface area contributed by atoms with Gasteiger partial charge in [0.25, 0.3) is 0 Å². The monoisotopic (exact) mass is 392 g/mol. The summed E-state index contributed by atoms with van der Waals surface area (Å²) in [6, 6.07) is -1.74. The van der Waals surface area contributed by atoms with Crippen LogP contribution in [0.1, 0.15) is 26.6 Å². The average Bonchev–Trinajstić information content (AvgIpc) is 3.04. The van der Waals surface area contributed by atoms with Crippen molar-refractivity contribution in [3.8, 4) is 0 Å². The van der Waals surface area contributed by atoms with Gasteiger partial charge in [-0.3, -0.25) is 9.59 Å². The molecule has 3 atom stereocenters. The molecule has 0 aliphatic carbocycles. The standard InChI is InChI=1S/C13H18N6O4S.K/c1-4-6-15-16-17-18(6)5-7(20)14-8-10(21)19-9(12(22)23)13(2,3)24-11(8)19;/h8-9,11H,4-5H2,1-3H3,(H,14,20)(H,22,23);/q;+1/p-1/t8-,9+,11-;/m1./s1. The molecule has 2 fully saturated rings. The van der Waals surface area contributed by atoms with Crippen LogP contribution in [0.3, 0.4) is 0 Å². The minimum Gasteiger partial charge on any atom is -0.548 e. The number of rotatable bonds is 5. The summed E-state index contributed by atoms with van der Waals surface area (Å²) in [5.74, 6) is -1.52. The van der Waals surface area contributed by atoms with Crippen LogP contribution in [0, 0.1) is 0 Å². The molecule has 2 saturated heterocycles. The van der Waals surface area contributed by atoms with Crippen molar-refractivity contribution < 1.29 is 70.9 Å². The molecule has 2 amide bonds. The van der Waals surface area contributed by atoms with Crippen LogP contribution < -0.4 is 61.8 Å². The van der Waals surface area contributed by atoms with E-state index in [0.29, 0.717) is 12.2 Å². The van der Waals surface area contributed by atoms with Crippen molar-refractivity contribution in [2.24, 2.45) is 0 Å². The number of carboxylic acids is 1. The molecule has 2 aliphatic rings. The molecule has 0 saturated carbocycles. The molecule has 0 spiro atoms. The van der Waals surface area contributed by atoms with Crippen LogP contribution in [0.15, 0.2) is 0 Å². The SMILES string of the molecule is CCc1nnnn1CC(=O)N[C@@H]1C(=O)N2[C@@H]1SC(C)(C)[C@@H]2C(=O)[O-].[K+]. The number of tetrazole rings is 1. The number of carboxylic acid groups (broad SMARTS) is 1. The predicted molar refractivity (Wildman–Crippen MR) is 80.2 cm³/mol. The number of amides is 2. The fourth-order valence-electron chi connectivity index (χ4n) is 3.08. The summed E-state index contributed by atoms with van der Waals surface area (Å²) in [6.07, 6.45) is 0.580. The third-order valence-electron chi connectivity index (χ3n) is 4.20. The van der Waals surface area contributed by atoms with Gasteiger partial charge in [0.1, 0.15) is 18.0 Å². The van der Waals surface area contributed by atoms with E-state index >= 15 is 0 Å². The summed E-state index contributed by atoms with van der Waals surface area (Å²) >= 11 is 1.35. The van der Waals surface area contributed by atoms with Crippen LogP contribution in [-0.4, -0.2) is 65.1 Å². The minimum absolute atomic E-state index is 0. The predicted octanol–water partition coefficient (Wildman–Crippen LogP) is -5.46. The number of aliphatic carboxylic acids is 1. The van der Waals surface area contributed by atoms with Crippen LogP contribution in [0.25, 0.3) is 0 Å². The van der Waals surface area contributed by atoms with Gasteiger partial charge in [0.15, 0.2) is 5.82 Å². The summed E-state index contributed by atoms with van der Waals surface area (Å²) in [5, 5.41) is 24.6. The first kappa shape index (κ1) is 20.8. The summed E-state index contributed by atoms with van der Waals surface area (Å²) in [4.78, 5) is 37.0. The smallest absolute Gasteiger partial charge is 0.548 e. The van der Waals surface area contributed by atoms with Crippen molar-refractivity contribution >= 4 is 29.5 Å². The maximum Gasteiger partial charge on any atom is 1.00 e. The van der Waals surface area contributed by atoms with Crippen molar-refractivity contribution in [2.45, 2.75) is 55.9 Å². The summed E-state index contributed by atoms with van der Waals surface area (Å²) < 4.78 is 0.690. The Balaban J connectivity index is 0.00000225.